The molecule has 0 radical (unpaired) electrons. The second-order valence-electron chi connectivity index (χ2n) is 5.04. The van der Waals surface area contributed by atoms with Crippen LogP contribution < -0.4 is 10.6 Å². The smallest absolute Gasteiger partial charge is 0.251 e. The van der Waals surface area contributed by atoms with Crippen molar-refractivity contribution >= 4 is 23.3 Å². The van der Waals surface area contributed by atoms with Crippen LogP contribution in [0.25, 0.3) is 0 Å². The van der Waals surface area contributed by atoms with Crippen LogP contribution in [0.4, 0.5) is 5.82 Å². The predicted molar refractivity (Wildman–Crippen MR) is 73.1 cm³/mol. The minimum Gasteiger partial charge on any atom is -0.373 e. The molecule has 1 fully saturated rings. The molecule has 1 aromatic rings. The van der Waals surface area contributed by atoms with Crippen LogP contribution in [-0.4, -0.2) is 23.5 Å². The lowest BCUT2D eigenvalue weighted by Crippen LogP contribution is -2.43. The minimum absolute atomic E-state index is 0.0767. The fraction of sp³-hybridized carbons (Fsp3) is 0.538. The number of pyridine rings is 1. The number of hydrogen-bond donors (Lipinski definition) is 2. The molecule has 0 aromatic carbocycles. The summed E-state index contributed by atoms with van der Waals surface area (Å²) in [7, 11) is 1.75. The average Bonchev–Trinajstić information content (AvgIpc) is 2.74. The summed E-state index contributed by atoms with van der Waals surface area (Å²) in [5, 5.41) is 6.31. The summed E-state index contributed by atoms with van der Waals surface area (Å²) in [5.74, 6) is 0.518. The molecule has 0 spiro atoms. The number of carbonyl (C=O) groups is 1. The van der Waals surface area contributed by atoms with Crippen LogP contribution in [0.2, 0.25) is 5.15 Å². The van der Waals surface area contributed by atoms with E-state index in [1.54, 1.807) is 19.2 Å². The molecule has 1 aliphatic carbocycles. The molecule has 0 saturated heterocycles. The largest absolute Gasteiger partial charge is 0.373 e. The number of carbonyl (C=O) groups excluding carboxylic acids is 1. The second-order valence-corrected chi connectivity index (χ2v) is 5.42. The molecule has 5 heteroatoms. The van der Waals surface area contributed by atoms with Crippen LogP contribution >= 0.6 is 11.6 Å². The van der Waals surface area contributed by atoms with E-state index in [1.165, 1.54) is 12.8 Å². The Morgan fingerprint density at radius 1 is 1.39 bits per heavy atom. The summed E-state index contributed by atoms with van der Waals surface area (Å²) in [5.41, 5.74) is 0.472. The van der Waals surface area contributed by atoms with Gasteiger partial charge >= 0.3 is 0 Å². The van der Waals surface area contributed by atoms with E-state index < -0.39 is 0 Å². The van der Waals surface area contributed by atoms with Gasteiger partial charge in [-0.1, -0.05) is 24.4 Å². The Morgan fingerprint density at radius 2 is 2.06 bits per heavy atom. The molecule has 1 heterocycles. The second kappa shape index (κ2) is 5.14. The van der Waals surface area contributed by atoms with Gasteiger partial charge in [-0.05, 0) is 31.9 Å². The van der Waals surface area contributed by atoms with Crippen LogP contribution in [0.5, 0.6) is 0 Å². The Morgan fingerprint density at radius 3 is 2.67 bits per heavy atom. The molecule has 1 aliphatic rings. The fourth-order valence-electron chi connectivity index (χ4n) is 2.38. The zero-order valence-electron chi connectivity index (χ0n) is 10.7. The summed E-state index contributed by atoms with van der Waals surface area (Å²) in [6, 6.07) is 3.30. The van der Waals surface area contributed by atoms with E-state index in [4.69, 9.17) is 11.6 Å². The third-order valence-corrected chi connectivity index (χ3v) is 3.63. The van der Waals surface area contributed by atoms with E-state index in [9.17, 15) is 4.79 Å². The Kier molecular flexibility index (Phi) is 3.76. The van der Waals surface area contributed by atoms with E-state index in [0.29, 0.717) is 16.5 Å². The number of halogens is 1. The van der Waals surface area contributed by atoms with Gasteiger partial charge in [-0.15, -0.1) is 0 Å². The lowest BCUT2D eigenvalue weighted by atomic mass is 10.00. The number of nitrogens with one attached hydrogen (secondary N) is 2. The molecular weight excluding hydrogens is 250 g/mol. The Balaban J connectivity index is 2.15. The molecule has 4 nitrogen and oxygen atoms in total. The summed E-state index contributed by atoms with van der Waals surface area (Å²) in [6.07, 6.45) is 4.43. The van der Waals surface area contributed by atoms with Crippen molar-refractivity contribution in [1.82, 2.24) is 10.3 Å². The normalized spacial score (nSPS) is 17.5. The lowest BCUT2D eigenvalue weighted by molar-refractivity contribution is 0.0908. The molecule has 0 bridgehead atoms. The third kappa shape index (κ3) is 2.93. The zero-order chi connectivity index (χ0) is 13.2. The van der Waals surface area contributed by atoms with Crippen molar-refractivity contribution in [2.24, 2.45) is 0 Å². The molecule has 0 unspecified atom stereocenters. The molecule has 1 aromatic heterocycles. The van der Waals surface area contributed by atoms with E-state index in [-0.39, 0.29) is 11.4 Å². The van der Waals surface area contributed by atoms with Gasteiger partial charge in [0.15, 0.2) is 0 Å². The summed E-state index contributed by atoms with van der Waals surface area (Å²) < 4.78 is 0. The molecule has 0 aliphatic heterocycles. The number of amides is 1. The van der Waals surface area contributed by atoms with Gasteiger partial charge in [-0.25, -0.2) is 4.98 Å². The van der Waals surface area contributed by atoms with Crippen molar-refractivity contribution in [3.05, 3.63) is 22.8 Å². The van der Waals surface area contributed by atoms with Gasteiger partial charge in [-0.2, -0.15) is 0 Å². The number of rotatable bonds is 3. The topological polar surface area (TPSA) is 54.0 Å². The standard InChI is InChI=1S/C13H18ClN3O/c1-13(5-3-4-6-13)17-12(18)9-7-10(14)16-11(8-9)15-2/h7-8H,3-6H2,1-2H3,(H,15,16)(H,17,18). The van der Waals surface area contributed by atoms with Crippen LogP contribution in [0.3, 0.4) is 0 Å². The van der Waals surface area contributed by atoms with Gasteiger partial charge in [0.25, 0.3) is 5.91 Å². The highest BCUT2D eigenvalue weighted by Gasteiger charge is 2.30. The summed E-state index contributed by atoms with van der Waals surface area (Å²) >= 11 is 5.89. The van der Waals surface area contributed by atoms with Crippen molar-refractivity contribution in [2.75, 3.05) is 12.4 Å². The quantitative estimate of drug-likeness (QED) is 0.828. The number of nitrogens with zero attached hydrogens (tertiary/aromatic N) is 1. The molecule has 98 valence electrons. The van der Waals surface area contributed by atoms with Crippen LogP contribution in [-0.2, 0) is 0 Å². The highest BCUT2D eigenvalue weighted by Crippen LogP contribution is 2.29. The SMILES string of the molecule is CNc1cc(C(=O)NC2(C)CCCC2)cc(Cl)n1. The van der Waals surface area contributed by atoms with Crippen LogP contribution in [0.15, 0.2) is 12.1 Å². The first-order chi connectivity index (χ1) is 8.52. The summed E-state index contributed by atoms with van der Waals surface area (Å²) in [4.78, 5) is 16.3. The lowest BCUT2D eigenvalue weighted by Gasteiger charge is -2.25. The summed E-state index contributed by atoms with van der Waals surface area (Å²) in [6.45, 7) is 2.10. The van der Waals surface area contributed by atoms with Crippen molar-refractivity contribution in [3.8, 4) is 0 Å². The molecular formula is C13H18ClN3O. The number of anilines is 1. The van der Waals surface area contributed by atoms with Gasteiger partial charge < -0.3 is 10.6 Å². The van der Waals surface area contributed by atoms with Gasteiger partial charge in [0.1, 0.15) is 11.0 Å². The Labute approximate surface area is 112 Å². The number of aromatic nitrogens is 1. The first-order valence-corrected chi connectivity index (χ1v) is 6.58. The highest BCUT2D eigenvalue weighted by atomic mass is 35.5. The maximum Gasteiger partial charge on any atom is 0.251 e. The van der Waals surface area contributed by atoms with Crippen LogP contribution in [0.1, 0.15) is 43.0 Å². The first-order valence-electron chi connectivity index (χ1n) is 6.20. The van der Waals surface area contributed by atoms with Crippen LogP contribution in [0, 0.1) is 0 Å². The molecule has 18 heavy (non-hydrogen) atoms. The minimum atomic E-state index is -0.0831. The van der Waals surface area contributed by atoms with Gasteiger partial charge in [0.2, 0.25) is 0 Å². The monoisotopic (exact) mass is 267 g/mol. The van der Waals surface area contributed by atoms with E-state index >= 15 is 0 Å². The van der Waals surface area contributed by atoms with Crippen molar-refractivity contribution < 1.29 is 4.79 Å². The van der Waals surface area contributed by atoms with Crippen molar-refractivity contribution in [2.45, 2.75) is 38.1 Å². The molecule has 1 saturated carbocycles. The van der Waals surface area contributed by atoms with E-state index in [0.717, 1.165) is 12.8 Å². The maximum absolute atomic E-state index is 12.2. The van der Waals surface area contributed by atoms with Gasteiger partial charge in [0, 0.05) is 18.2 Å². The van der Waals surface area contributed by atoms with Gasteiger partial charge in [-0.3, -0.25) is 4.79 Å². The zero-order valence-corrected chi connectivity index (χ0v) is 11.5. The Bertz CT molecular complexity index is 456. The average molecular weight is 268 g/mol. The highest BCUT2D eigenvalue weighted by molar-refractivity contribution is 6.29. The predicted octanol–water partition coefficient (Wildman–Crippen LogP) is 2.84. The van der Waals surface area contributed by atoms with Crippen molar-refractivity contribution in [1.29, 1.82) is 0 Å². The molecule has 1 amide bonds. The van der Waals surface area contributed by atoms with E-state index in [2.05, 4.69) is 22.5 Å². The Hall–Kier alpha value is -1.29. The molecule has 0 atom stereocenters. The molecule has 2 rings (SSSR count). The number of hydrogen-bond acceptors (Lipinski definition) is 3. The maximum atomic E-state index is 12.2. The third-order valence-electron chi connectivity index (χ3n) is 3.43. The fourth-order valence-corrected chi connectivity index (χ4v) is 2.59. The van der Waals surface area contributed by atoms with Crippen molar-refractivity contribution in [3.63, 3.8) is 0 Å². The van der Waals surface area contributed by atoms with E-state index in [1.807, 2.05) is 0 Å². The molecule has 2 N–H and O–H groups in total. The van der Waals surface area contributed by atoms with Gasteiger partial charge in [0.05, 0.1) is 0 Å². The first kappa shape index (κ1) is 13.1.